The Balaban J connectivity index is 2.43. The van der Waals surface area contributed by atoms with E-state index in [1.54, 1.807) is 0 Å². The predicted octanol–water partition coefficient (Wildman–Crippen LogP) is -0.173. The molecule has 12 nitrogen and oxygen atoms in total. The molecule has 1 aliphatic rings. The van der Waals surface area contributed by atoms with Crippen molar-refractivity contribution in [3.8, 4) is 0 Å². The molecule has 1 rings (SSSR count). The van der Waals surface area contributed by atoms with Gasteiger partial charge in [0.1, 0.15) is 0 Å². The summed E-state index contributed by atoms with van der Waals surface area (Å²) < 4.78 is 49.1. The molecular weight excluding hydrogens is 345 g/mol. The average Bonchev–Trinajstić information content (AvgIpc) is 2.56. The summed E-state index contributed by atoms with van der Waals surface area (Å²) in [6, 6.07) is 0. The third-order valence-electron chi connectivity index (χ3n) is 1.96. The highest BCUT2D eigenvalue weighted by Gasteiger charge is 2.38. The second kappa shape index (κ2) is 6.62. The number of rotatable bonds is 7. The van der Waals surface area contributed by atoms with Gasteiger partial charge in [-0.1, -0.05) is 0 Å². The summed E-state index contributed by atoms with van der Waals surface area (Å²) in [5.74, 6) is 0. The minimum absolute atomic E-state index is 0.0459. The van der Waals surface area contributed by atoms with Crippen molar-refractivity contribution in [1.82, 2.24) is 0 Å². The molecule has 5 N–H and O–H groups in total. The summed E-state index contributed by atoms with van der Waals surface area (Å²) in [4.78, 5) is 42.7. The Hall–Kier alpha value is 0.330. The summed E-state index contributed by atoms with van der Waals surface area (Å²) >= 11 is 0. The average molecular weight is 358 g/mol. The van der Waals surface area contributed by atoms with E-state index < -0.39 is 42.5 Å². The van der Waals surface area contributed by atoms with Gasteiger partial charge in [0.15, 0.2) is 6.29 Å². The molecule has 0 aliphatic carbocycles. The van der Waals surface area contributed by atoms with E-state index in [-0.39, 0.29) is 12.8 Å². The Morgan fingerprint density at radius 3 is 2.10 bits per heavy atom. The maximum Gasteiger partial charge on any atom is 0.483 e. The van der Waals surface area contributed by atoms with E-state index in [0.717, 1.165) is 0 Å². The molecule has 1 fully saturated rings. The lowest BCUT2D eigenvalue weighted by Gasteiger charge is -2.17. The van der Waals surface area contributed by atoms with Crippen molar-refractivity contribution in [3.05, 3.63) is 0 Å². The molecule has 15 heteroatoms. The first-order chi connectivity index (χ1) is 8.86. The lowest BCUT2D eigenvalue weighted by atomic mass is 10.2. The smallest absolute Gasteiger partial charge is 0.346 e. The molecule has 0 radical (unpaired) electrons. The molecule has 1 heterocycles. The number of ether oxygens (including phenoxy) is 1. The molecule has 0 aromatic rings. The number of hydrogen-bond donors (Lipinski definition) is 5. The molecule has 0 saturated carbocycles. The van der Waals surface area contributed by atoms with Crippen LogP contribution in [0, 0.1) is 0 Å². The van der Waals surface area contributed by atoms with Gasteiger partial charge >= 0.3 is 23.5 Å². The Morgan fingerprint density at radius 2 is 1.60 bits per heavy atom. The topological polar surface area (TPSA) is 189 Å². The van der Waals surface area contributed by atoms with Crippen LogP contribution in [0.4, 0.5) is 0 Å². The minimum Gasteiger partial charge on any atom is -0.346 e. The number of hydrogen-bond acceptors (Lipinski definition) is 7. The fraction of sp³-hybridized carbons (Fsp3) is 1.00. The van der Waals surface area contributed by atoms with Crippen LogP contribution in [0.5, 0.6) is 0 Å². The van der Waals surface area contributed by atoms with Crippen LogP contribution in [0.3, 0.4) is 0 Å². The SMILES string of the molecule is O=P(O)(O)OC[C@@H]1CC[C@@H](OP(=O)(O)OP(=O)(O)O)O1. The lowest BCUT2D eigenvalue weighted by Crippen LogP contribution is -2.17. The van der Waals surface area contributed by atoms with Crippen LogP contribution in [0.2, 0.25) is 0 Å². The quantitative estimate of drug-likeness (QED) is 0.378. The lowest BCUT2D eigenvalue weighted by molar-refractivity contribution is -0.0942. The highest BCUT2D eigenvalue weighted by Crippen LogP contribution is 2.58. The van der Waals surface area contributed by atoms with E-state index in [4.69, 9.17) is 29.2 Å². The van der Waals surface area contributed by atoms with Crippen LogP contribution in [-0.4, -0.2) is 43.5 Å². The fourth-order valence-electron chi connectivity index (χ4n) is 1.36. The molecule has 1 unspecified atom stereocenters. The molecule has 120 valence electrons. The van der Waals surface area contributed by atoms with Gasteiger partial charge in [-0.15, -0.1) is 0 Å². The largest absolute Gasteiger partial charge is 0.483 e. The van der Waals surface area contributed by atoms with Crippen molar-refractivity contribution in [3.63, 3.8) is 0 Å². The van der Waals surface area contributed by atoms with Crippen LogP contribution >= 0.6 is 23.5 Å². The minimum atomic E-state index is -5.22. The standard InChI is InChI=1S/C5H13O12P3/c6-18(7,8)14-3-4-1-2-5(15-4)16-20(12,13)17-19(9,10)11/h4-5H,1-3H2,(H,12,13)(H2,6,7,8)(H2,9,10,11)/t4-,5+/m0/s1. The Kier molecular flexibility index (Phi) is 6.08. The highest BCUT2D eigenvalue weighted by molar-refractivity contribution is 7.60. The zero-order valence-electron chi connectivity index (χ0n) is 9.71. The number of phosphoric acid groups is 3. The van der Waals surface area contributed by atoms with Gasteiger partial charge in [-0.2, -0.15) is 4.31 Å². The Labute approximate surface area is 112 Å². The third-order valence-corrected chi connectivity index (χ3v) is 4.62. The van der Waals surface area contributed by atoms with E-state index in [1.807, 2.05) is 0 Å². The monoisotopic (exact) mass is 358 g/mol. The van der Waals surface area contributed by atoms with Gasteiger partial charge in [-0.25, -0.2) is 13.7 Å². The molecule has 0 aromatic heterocycles. The second-order valence-electron chi connectivity index (χ2n) is 3.70. The molecule has 0 amide bonds. The summed E-state index contributed by atoms with van der Waals surface area (Å²) in [5.41, 5.74) is 0. The van der Waals surface area contributed by atoms with Gasteiger partial charge in [0.25, 0.3) is 0 Å². The summed E-state index contributed by atoms with van der Waals surface area (Å²) in [5, 5.41) is 0. The first-order valence-corrected chi connectivity index (χ1v) is 9.55. The van der Waals surface area contributed by atoms with Gasteiger partial charge in [0, 0.05) is 6.42 Å². The molecule has 3 atom stereocenters. The maximum absolute atomic E-state index is 11.2. The van der Waals surface area contributed by atoms with Gasteiger partial charge in [-0.05, 0) is 6.42 Å². The first-order valence-electron chi connectivity index (χ1n) is 5.00. The Bertz CT molecular complexity index is 464. The van der Waals surface area contributed by atoms with E-state index in [2.05, 4.69) is 13.4 Å². The van der Waals surface area contributed by atoms with Gasteiger partial charge in [0.05, 0.1) is 12.7 Å². The van der Waals surface area contributed by atoms with Crippen LogP contribution < -0.4 is 0 Å². The van der Waals surface area contributed by atoms with Gasteiger partial charge in [0.2, 0.25) is 0 Å². The van der Waals surface area contributed by atoms with Crippen molar-refractivity contribution < 1.29 is 56.3 Å². The van der Waals surface area contributed by atoms with Crippen molar-refractivity contribution in [2.45, 2.75) is 25.2 Å². The molecule has 1 aliphatic heterocycles. The summed E-state index contributed by atoms with van der Waals surface area (Å²) in [6.45, 7) is -0.473. The van der Waals surface area contributed by atoms with Crippen molar-refractivity contribution in [1.29, 1.82) is 0 Å². The highest BCUT2D eigenvalue weighted by atomic mass is 31.3. The third kappa shape index (κ3) is 7.94. The van der Waals surface area contributed by atoms with E-state index >= 15 is 0 Å². The fourth-order valence-corrected chi connectivity index (χ4v) is 3.40. The Morgan fingerprint density at radius 1 is 1.00 bits per heavy atom. The van der Waals surface area contributed by atoms with E-state index in [9.17, 15) is 13.7 Å². The van der Waals surface area contributed by atoms with E-state index in [0.29, 0.717) is 0 Å². The second-order valence-corrected chi connectivity index (χ2v) is 7.72. The summed E-state index contributed by atoms with van der Waals surface area (Å²) in [6.07, 6.45) is -1.88. The summed E-state index contributed by atoms with van der Waals surface area (Å²) in [7, 11) is -14.9. The zero-order chi connectivity index (χ0) is 15.6. The molecule has 0 aromatic carbocycles. The molecular formula is C5H13O12P3. The van der Waals surface area contributed by atoms with Crippen LogP contribution in [0.25, 0.3) is 0 Å². The predicted molar refractivity (Wildman–Crippen MR) is 59.9 cm³/mol. The van der Waals surface area contributed by atoms with Gasteiger partial charge < -0.3 is 29.2 Å². The molecule has 0 bridgehead atoms. The van der Waals surface area contributed by atoms with Crippen molar-refractivity contribution >= 4 is 23.5 Å². The zero-order valence-corrected chi connectivity index (χ0v) is 12.4. The first kappa shape index (κ1) is 18.4. The van der Waals surface area contributed by atoms with Crippen LogP contribution in [0.15, 0.2) is 0 Å². The van der Waals surface area contributed by atoms with Crippen LogP contribution in [-0.2, 0) is 31.8 Å². The molecule has 1 saturated heterocycles. The molecule has 20 heavy (non-hydrogen) atoms. The van der Waals surface area contributed by atoms with Crippen LogP contribution in [0.1, 0.15) is 12.8 Å². The number of phosphoric ester groups is 2. The normalized spacial score (nSPS) is 27.4. The van der Waals surface area contributed by atoms with Crippen molar-refractivity contribution in [2.24, 2.45) is 0 Å². The maximum atomic E-state index is 11.2. The van der Waals surface area contributed by atoms with E-state index in [1.165, 1.54) is 0 Å². The molecule has 0 spiro atoms. The van der Waals surface area contributed by atoms with Gasteiger partial charge in [-0.3, -0.25) is 9.05 Å². The van der Waals surface area contributed by atoms with Crippen molar-refractivity contribution in [2.75, 3.05) is 6.61 Å².